The maximum Gasteiger partial charge on any atom is 0.222 e. The van der Waals surface area contributed by atoms with Crippen LogP contribution in [0.3, 0.4) is 0 Å². The van der Waals surface area contributed by atoms with Crippen LogP contribution in [0, 0.1) is 0 Å². The molecule has 0 amide bonds. The molecule has 0 aliphatic carbocycles. The van der Waals surface area contributed by atoms with Crippen molar-refractivity contribution in [2.45, 2.75) is 10.1 Å². The van der Waals surface area contributed by atoms with Gasteiger partial charge in [-0.25, -0.2) is 9.97 Å². The van der Waals surface area contributed by atoms with Crippen molar-refractivity contribution in [1.82, 2.24) is 9.97 Å². The molecule has 5 heteroatoms. The number of rotatable bonds is 3. The molecule has 1 aromatic carbocycles. The number of nitrogens with two attached hydrogens (primary N) is 1. The van der Waals surface area contributed by atoms with E-state index in [4.69, 9.17) is 5.73 Å². The van der Waals surface area contributed by atoms with E-state index in [1.807, 2.05) is 30.7 Å². The zero-order chi connectivity index (χ0) is 12.3. The third-order valence-electron chi connectivity index (χ3n) is 2.31. The summed E-state index contributed by atoms with van der Waals surface area (Å²) in [5.74, 6) is 0.332. The molecule has 0 radical (unpaired) electrons. The number of benzene rings is 1. The fourth-order valence-corrected chi connectivity index (χ4v) is 2.86. The van der Waals surface area contributed by atoms with Gasteiger partial charge in [0, 0.05) is 5.56 Å². The summed E-state index contributed by atoms with van der Waals surface area (Å²) < 4.78 is 0. The summed E-state index contributed by atoms with van der Waals surface area (Å²) in [6, 6.07) is 10.2. The highest BCUT2D eigenvalue weighted by atomic mass is 32.2. The normalized spacial score (nSPS) is 10.5. The molecule has 2 N–H and O–H groups in total. The molecule has 2 aromatic rings. The van der Waals surface area contributed by atoms with Crippen molar-refractivity contribution >= 4 is 29.5 Å². The van der Waals surface area contributed by atoms with E-state index in [-0.39, 0.29) is 0 Å². The summed E-state index contributed by atoms with van der Waals surface area (Å²) in [5, 5.41) is 1.85. The first-order chi connectivity index (χ1) is 8.26. The highest BCUT2D eigenvalue weighted by Crippen LogP contribution is 2.35. The summed E-state index contributed by atoms with van der Waals surface area (Å²) in [6.07, 6.45) is 4.00. The van der Waals surface area contributed by atoms with E-state index < -0.39 is 0 Å². The topological polar surface area (TPSA) is 51.8 Å². The number of thioether (sulfide) groups is 2. The molecular formula is C12H13N3S2. The molecule has 0 saturated carbocycles. The predicted molar refractivity (Wildman–Crippen MR) is 75.4 cm³/mol. The van der Waals surface area contributed by atoms with Crippen molar-refractivity contribution in [2.75, 3.05) is 18.2 Å². The molecule has 0 saturated heterocycles. The number of aromatic nitrogens is 2. The average molecular weight is 263 g/mol. The third kappa shape index (κ3) is 2.56. The van der Waals surface area contributed by atoms with Gasteiger partial charge in [0.05, 0.1) is 0 Å². The maximum atomic E-state index is 5.71. The smallest absolute Gasteiger partial charge is 0.222 e. The SMILES string of the molecule is CSc1nc(N)nc(SC)c1-c1ccccc1. The van der Waals surface area contributed by atoms with Crippen molar-refractivity contribution in [3.63, 3.8) is 0 Å². The Morgan fingerprint density at radius 3 is 1.94 bits per heavy atom. The summed E-state index contributed by atoms with van der Waals surface area (Å²) in [7, 11) is 0. The summed E-state index contributed by atoms with van der Waals surface area (Å²) in [4.78, 5) is 8.59. The van der Waals surface area contributed by atoms with Crippen molar-refractivity contribution in [3.8, 4) is 11.1 Å². The van der Waals surface area contributed by atoms with Crippen LogP contribution >= 0.6 is 23.5 Å². The van der Waals surface area contributed by atoms with Crippen molar-refractivity contribution in [1.29, 1.82) is 0 Å². The van der Waals surface area contributed by atoms with Crippen LogP contribution < -0.4 is 5.73 Å². The van der Waals surface area contributed by atoms with Crippen LogP contribution in [0.5, 0.6) is 0 Å². The second-order valence-electron chi connectivity index (χ2n) is 3.34. The molecule has 0 aliphatic rings. The summed E-state index contributed by atoms with van der Waals surface area (Å²) in [5.41, 5.74) is 7.90. The molecule has 0 aliphatic heterocycles. The highest BCUT2D eigenvalue weighted by Gasteiger charge is 2.13. The zero-order valence-electron chi connectivity index (χ0n) is 9.68. The Kier molecular flexibility index (Phi) is 3.91. The molecule has 0 spiro atoms. The van der Waals surface area contributed by atoms with Crippen LogP contribution in [-0.4, -0.2) is 22.5 Å². The van der Waals surface area contributed by atoms with Gasteiger partial charge in [0.1, 0.15) is 10.1 Å². The van der Waals surface area contributed by atoms with Crippen LogP contribution in [0.4, 0.5) is 5.95 Å². The molecule has 1 aromatic heterocycles. The van der Waals surface area contributed by atoms with Crippen molar-refractivity contribution in [3.05, 3.63) is 30.3 Å². The number of nitrogens with zero attached hydrogens (tertiary/aromatic N) is 2. The molecule has 0 unspecified atom stereocenters. The fourth-order valence-electron chi connectivity index (χ4n) is 1.58. The minimum atomic E-state index is 0.332. The van der Waals surface area contributed by atoms with E-state index in [1.165, 1.54) is 0 Å². The standard InChI is InChI=1S/C12H13N3S2/c1-16-10-9(8-6-4-3-5-7-8)11(17-2)15-12(13)14-10/h3-7H,1-2H3,(H2,13,14,15). The van der Waals surface area contributed by atoms with Gasteiger partial charge in [-0.3, -0.25) is 0 Å². The first-order valence-corrected chi connectivity index (χ1v) is 7.52. The molecular weight excluding hydrogens is 250 g/mol. The molecule has 0 fully saturated rings. The quantitative estimate of drug-likeness (QED) is 0.681. The molecule has 88 valence electrons. The second kappa shape index (κ2) is 5.42. The Morgan fingerprint density at radius 1 is 0.941 bits per heavy atom. The van der Waals surface area contributed by atoms with E-state index in [9.17, 15) is 0 Å². The van der Waals surface area contributed by atoms with E-state index in [2.05, 4.69) is 22.1 Å². The Balaban J connectivity index is 2.66. The molecule has 0 atom stereocenters. The Morgan fingerprint density at radius 2 is 1.47 bits per heavy atom. The number of anilines is 1. The molecule has 0 bridgehead atoms. The van der Waals surface area contributed by atoms with Crippen LogP contribution in [-0.2, 0) is 0 Å². The lowest BCUT2D eigenvalue weighted by Gasteiger charge is -2.11. The van der Waals surface area contributed by atoms with Crippen molar-refractivity contribution in [2.24, 2.45) is 0 Å². The number of nitrogen functional groups attached to an aromatic ring is 1. The van der Waals surface area contributed by atoms with Crippen LogP contribution in [0.1, 0.15) is 0 Å². The molecule has 3 nitrogen and oxygen atoms in total. The third-order valence-corrected chi connectivity index (χ3v) is 3.67. The lowest BCUT2D eigenvalue weighted by Crippen LogP contribution is -2.00. The van der Waals surface area contributed by atoms with E-state index in [0.717, 1.165) is 21.2 Å². The van der Waals surface area contributed by atoms with Crippen molar-refractivity contribution < 1.29 is 0 Å². The average Bonchev–Trinajstić information content (AvgIpc) is 2.38. The molecule has 1 heterocycles. The lowest BCUT2D eigenvalue weighted by molar-refractivity contribution is 0.993. The first-order valence-electron chi connectivity index (χ1n) is 5.07. The largest absolute Gasteiger partial charge is 0.368 e. The van der Waals surface area contributed by atoms with E-state index in [1.54, 1.807) is 23.5 Å². The Hall–Kier alpha value is -1.20. The van der Waals surface area contributed by atoms with Gasteiger partial charge in [-0.1, -0.05) is 30.3 Å². The lowest BCUT2D eigenvalue weighted by atomic mass is 10.1. The van der Waals surface area contributed by atoms with E-state index in [0.29, 0.717) is 5.95 Å². The number of hydrogen-bond acceptors (Lipinski definition) is 5. The van der Waals surface area contributed by atoms with Gasteiger partial charge in [0.2, 0.25) is 5.95 Å². The van der Waals surface area contributed by atoms with Crippen LogP contribution in [0.25, 0.3) is 11.1 Å². The van der Waals surface area contributed by atoms with Gasteiger partial charge in [0.25, 0.3) is 0 Å². The van der Waals surface area contributed by atoms with Gasteiger partial charge in [-0.15, -0.1) is 23.5 Å². The van der Waals surface area contributed by atoms with Gasteiger partial charge in [-0.2, -0.15) is 0 Å². The van der Waals surface area contributed by atoms with Crippen LogP contribution in [0.2, 0.25) is 0 Å². The van der Waals surface area contributed by atoms with E-state index >= 15 is 0 Å². The maximum absolute atomic E-state index is 5.71. The van der Waals surface area contributed by atoms with Gasteiger partial charge >= 0.3 is 0 Å². The molecule has 2 rings (SSSR count). The van der Waals surface area contributed by atoms with Crippen LogP contribution in [0.15, 0.2) is 40.4 Å². The summed E-state index contributed by atoms with van der Waals surface area (Å²) >= 11 is 3.18. The fraction of sp³-hybridized carbons (Fsp3) is 0.167. The summed E-state index contributed by atoms with van der Waals surface area (Å²) in [6.45, 7) is 0. The minimum absolute atomic E-state index is 0.332. The minimum Gasteiger partial charge on any atom is -0.368 e. The monoisotopic (exact) mass is 263 g/mol. The molecule has 17 heavy (non-hydrogen) atoms. The predicted octanol–water partition coefficient (Wildman–Crippen LogP) is 3.17. The van der Waals surface area contributed by atoms with Gasteiger partial charge in [0.15, 0.2) is 0 Å². The Bertz CT molecular complexity index is 489. The van der Waals surface area contributed by atoms with Gasteiger partial charge < -0.3 is 5.73 Å². The highest BCUT2D eigenvalue weighted by molar-refractivity contribution is 7.99. The Labute approximate surface area is 109 Å². The number of hydrogen-bond donors (Lipinski definition) is 1. The zero-order valence-corrected chi connectivity index (χ0v) is 11.3. The van der Waals surface area contributed by atoms with Gasteiger partial charge in [-0.05, 0) is 18.1 Å². The second-order valence-corrected chi connectivity index (χ2v) is 4.93. The first kappa shape index (κ1) is 12.3.